The molecule has 0 aliphatic heterocycles. The number of hydrogen-bond donors (Lipinski definition) is 0. The maximum absolute atomic E-state index is 12.8. The first-order valence-corrected chi connectivity index (χ1v) is 21.6. The summed E-state index contributed by atoms with van der Waals surface area (Å²) in [7, 11) is 3.94. The molecule has 0 rings (SSSR count). The van der Waals surface area contributed by atoms with E-state index in [2.05, 4.69) is 26.0 Å². The second-order valence-corrected chi connectivity index (χ2v) is 14.7. The van der Waals surface area contributed by atoms with Crippen LogP contribution in [0.1, 0.15) is 187 Å². The van der Waals surface area contributed by atoms with Crippen LogP contribution in [-0.2, 0) is 23.8 Å². The maximum Gasteiger partial charge on any atom is 0.409 e. The summed E-state index contributed by atoms with van der Waals surface area (Å²) in [6, 6.07) is 0. The topological polar surface area (TPSA) is 85.4 Å². The van der Waals surface area contributed by atoms with Crippen molar-refractivity contribution in [2.45, 2.75) is 187 Å². The van der Waals surface area contributed by atoms with Crippen LogP contribution < -0.4 is 0 Å². The first kappa shape index (κ1) is 49.6. The Labute approximate surface area is 320 Å². The van der Waals surface area contributed by atoms with Crippen LogP contribution in [0.5, 0.6) is 0 Å². The van der Waals surface area contributed by atoms with Gasteiger partial charge in [-0.05, 0) is 65.5 Å². The third-order valence-electron chi connectivity index (χ3n) is 9.35. The summed E-state index contributed by atoms with van der Waals surface area (Å²) in [5, 5.41) is 0. The van der Waals surface area contributed by atoms with Gasteiger partial charge in [0.1, 0.15) is 19.8 Å². The fourth-order valence-electron chi connectivity index (χ4n) is 5.97. The number of amides is 1. The summed E-state index contributed by atoms with van der Waals surface area (Å²) in [5.41, 5.74) is 0. The molecule has 0 aromatic rings. The highest BCUT2D eigenvalue weighted by Crippen LogP contribution is 2.12. The number of hydrogen-bond acceptors (Lipinski definition) is 7. The van der Waals surface area contributed by atoms with Crippen LogP contribution in [0.25, 0.3) is 0 Å². The van der Waals surface area contributed by atoms with Crippen molar-refractivity contribution in [3.05, 3.63) is 24.3 Å². The molecule has 0 saturated carbocycles. The molecule has 0 atom stereocenters. The third-order valence-corrected chi connectivity index (χ3v) is 9.35. The van der Waals surface area contributed by atoms with E-state index in [0.29, 0.717) is 52.3 Å². The summed E-state index contributed by atoms with van der Waals surface area (Å²) in [4.78, 5) is 40.8. The Kier molecular flexibility index (Phi) is 38.0. The normalized spacial score (nSPS) is 11.6. The summed E-state index contributed by atoms with van der Waals surface area (Å²) >= 11 is 0. The van der Waals surface area contributed by atoms with Crippen molar-refractivity contribution in [1.82, 2.24) is 9.80 Å². The number of carbonyl (C=O) groups is 3. The number of esters is 2. The van der Waals surface area contributed by atoms with Gasteiger partial charge in [0, 0.05) is 32.5 Å². The van der Waals surface area contributed by atoms with Crippen molar-refractivity contribution < 1.29 is 28.6 Å². The highest BCUT2D eigenvalue weighted by atomic mass is 16.6. The average Bonchev–Trinajstić information content (AvgIpc) is 3.12. The lowest BCUT2D eigenvalue weighted by Crippen LogP contribution is -2.35. The van der Waals surface area contributed by atoms with Gasteiger partial charge < -0.3 is 24.0 Å². The van der Waals surface area contributed by atoms with Crippen LogP contribution in [-0.4, -0.2) is 81.4 Å². The molecule has 0 spiro atoms. The van der Waals surface area contributed by atoms with E-state index in [4.69, 9.17) is 14.2 Å². The summed E-state index contributed by atoms with van der Waals surface area (Å²) in [5.74, 6) is -0.235. The van der Waals surface area contributed by atoms with Gasteiger partial charge in [0.05, 0.1) is 0 Å². The first-order valence-electron chi connectivity index (χ1n) is 21.6. The molecule has 8 nitrogen and oxygen atoms in total. The van der Waals surface area contributed by atoms with Crippen LogP contribution >= 0.6 is 0 Å². The predicted molar refractivity (Wildman–Crippen MR) is 218 cm³/mol. The molecule has 0 saturated heterocycles. The second kappa shape index (κ2) is 39.8. The fraction of sp³-hybridized carbons (Fsp3) is 0.841. The van der Waals surface area contributed by atoms with Gasteiger partial charge in [-0.25, -0.2) is 4.79 Å². The van der Waals surface area contributed by atoms with Gasteiger partial charge in [0.2, 0.25) is 0 Å². The van der Waals surface area contributed by atoms with E-state index in [9.17, 15) is 14.4 Å². The Morgan fingerprint density at radius 3 is 1.25 bits per heavy atom. The number of nitrogens with zero attached hydrogens (tertiary/aromatic N) is 2. The maximum atomic E-state index is 12.8. The minimum absolute atomic E-state index is 0.117. The zero-order valence-electron chi connectivity index (χ0n) is 34.5. The molecular weight excluding hydrogens is 652 g/mol. The van der Waals surface area contributed by atoms with E-state index < -0.39 is 0 Å². The van der Waals surface area contributed by atoms with Gasteiger partial charge in [0.15, 0.2) is 0 Å². The van der Waals surface area contributed by atoms with Crippen LogP contribution in [0, 0.1) is 0 Å². The number of rotatable bonds is 38. The molecule has 0 aromatic heterocycles. The Hall–Kier alpha value is -2.35. The van der Waals surface area contributed by atoms with E-state index >= 15 is 0 Å². The molecule has 0 heterocycles. The molecule has 0 aromatic carbocycles. The van der Waals surface area contributed by atoms with Gasteiger partial charge in [-0.2, -0.15) is 0 Å². The molecule has 304 valence electrons. The van der Waals surface area contributed by atoms with Crippen LogP contribution in [0.2, 0.25) is 0 Å². The minimum atomic E-state index is -0.232. The fourth-order valence-corrected chi connectivity index (χ4v) is 5.97. The molecule has 52 heavy (non-hydrogen) atoms. The van der Waals surface area contributed by atoms with Crippen LogP contribution in [0.15, 0.2) is 24.3 Å². The summed E-state index contributed by atoms with van der Waals surface area (Å²) < 4.78 is 16.2. The molecular formula is C44H82N2O6. The zero-order chi connectivity index (χ0) is 38.2. The third kappa shape index (κ3) is 37.4. The van der Waals surface area contributed by atoms with E-state index in [-0.39, 0.29) is 18.0 Å². The van der Waals surface area contributed by atoms with Gasteiger partial charge in [0.25, 0.3) is 0 Å². The molecule has 0 radical (unpaired) electrons. The quantitative estimate of drug-likeness (QED) is 0.0270. The van der Waals surface area contributed by atoms with Gasteiger partial charge in [-0.1, -0.05) is 147 Å². The molecule has 0 N–H and O–H groups in total. The highest BCUT2D eigenvalue weighted by molar-refractivity contribution is 5.69. The molecule has 0 aliphatic carbocycles. The molecule has 0 unspecified atom stereocenters. The number of ether oxygens (including phenoxy) is 3. The predicted octanol–water partition coefficient (Wildman–Crippen LogP) is 11.8. The van der Waals surface area contributed by atoms with E-state index in [1.807, 2.05) is 36.0 Å². The molecule has 8 heteroatoms. The second-order valence-electron chi connectivity index (χ2n) is 14.7. The van der Waals surface area contributed by atoms with Crippen molar-refractivity contribution in [1.29, 1.82) is 0 Å². The molecule has 0 fully saturated rings. The molecule has 0 bridgehead atoms. The summed E-state index contributed by atoms with van der Waals surface area (Å²) in [6.07, 6.45) is 37.6. The SMILES string of the molecule is CCCCCCCC/C=C\COC(=O)CCCCCCCN(CCCCCCCC(=O)OC/C=C\CCCCCCCCC)C(=O)OCCN(C)C. The Morgan fingerprint density at radius 2 is 0.827 bits per heavy atom. The van der Waals surface area contributed by atoms with Crippen LogP contribution in [0.4, 0.5) is 4.79 Å². The molecule has 0 aliphatic rings. The largest absolute Gasteiger partial charge is 0.461 e. The average molecular weight is 735 g/mol. The van der Waals surface area contributed by atoms with E-state index in [1.165, 1.54) is 83.5 Å². The van der Waals surface area contributed by atoms with Crippen molar-refractivity contribution in [2.75, 3.05) is 53.6 Å². The van der Waals surface area contributed by atoms with Crippen molar-refractivity contribution >= 4 is 18.0 Å². The standard InChI is InChI=1S/C44H82N2O6/c1-5-7-9-11-13-15-17-19-27-33-40-51-43(48)35-29-23-21-25-31-37-46(44(49)52-41-38-45(3)4)36-30-24-20-22-28-34-42(47)50-39-32-26-18-16-14-12-10-8-6-2/h26-27,32-33H,5-25,28-31,34-41H2,1-4H3/b32-26-,33-27-. The Morgan fingerprint density at radius 1 is 0.442 bits per heavy atom. The van der Waals surface area contributed by atoms with E-state index in [0.717, 1.165) is 77.0 Å². The minimum Gasteiger partial charge on any atom is -0.461 e. The van der Waals surface area contributed by atoms with Gasteiger partial charge >= 0.3 is 18.0 Å². The lowest BCUT2D eigenvalue weighted by atomic mass is 10.1. The first-order chi connectivity index (χ1) is 25.4. The van der Waals surface area contributed by atoms with Crippen molar-refractivity contribution in [3.63, 3.8) is 0 Å². The monoisotopic (exact) mass is 735 g/mol. The number of likely N-dealkylation sites (N-methyl/N-ethyl adjacent to an activating group) is 1. The lowest BCUT2D eigenvalue weighted by molar-refractivity contribution is -0.143. The zero-order valence-corrected chi connectivity index (χ0v) is 34.5. The number of allylic oxidation sites excluding steroid dienone is 2. The Balaban J connectivity index is 4.02. The molecule has 1 amide bonds. The lowest BCUT2D eigenvalue weighted by Gasteiger charge is -2.23. The number of unbranched alkanes of at least 4 members (excludes halogenated alkanes) is 21. The van der Waals surface area contributed by atoms with E-state index in [1.54, 1.807) is 0 Å². The number of carbonyl (C=O) groups excluding carboxylic acids is 3. The van der Waals surface area contributed by atoms with Crippen LogP contribution in [0.3, 0.4) is 0 Å². The smallest absolute Gasteiger partial charge is 0.409 e. The summed E-state index contributed by atoms with van der Waals surface area (Å²) in [6.45, 7) is 7.71. The van der Waals surface area contributed by atoms with Gasteiger partial charge in [-0.3, -0.25) is 9.59 Å². The highest BCUT2D eigenvalue weighted by Gasteiger charge is 2.14. The van der Waals surface area contributed by atoms with Crippen molar-refractivity contribution in [2.24, 2.45) is 0 Å². The van der Waals surface area contributed by atoms with Gasteiger partial charge in [-0.15, -0.1) is 0 Å². The van der Waals surface area contributed by atoms with Crippen molar-refractivity contribution in [3.8, 4) is 0 Å². The Bertz CT molecular complexity index is 875.